The van der Waals surface area contributed by atoms with Crippen molar-refractivity contribution in [3.8, 4) is 0 Å². The number of rotatable bonds is 6. The van der Waals surface area contributed by atoms with Crippen LogP contribution >= 0.6 is 0 Å². The van der Waals surface area contributed by atoms with Gasteiger partial charge in [0.25, 0.3) is 5.91 Å². The minimum atomic E-state index is -0.487. The second-order valence-electron chi connectivity index (χ2n) is 7.85. The molecule has 2 aromatic carbocycles. The Morgan fingerprint density at radius 3 is 2.62 bits per heavy atom. The van der Waals surface area contributed by atoms with Crippen LogP contribution in [0, 0.1) is 12.8 Å². The van der Waals surface area contributed by atoms with Crippen LogP contribution in [0.5, 0.6) is 0 Å². The molecule has 0 bridgehead atoms. The molecule has 2 heterocycles. The number of likely N-dealkylation sites (tertiary alicyclic amines) is 1. The van der Waals surface area contributed by atoms with Crippen LogP contribution in [0.3, 0.4) is 0 Å². The molecule has 32 heavy (non-hydrogen) atoms. The Labute approximate surface area is 186 Å². The summed E-state index contributed by atoms with van der Waals surface area (Å²) in [6.07, 6.45) is 1.81. The van der Waals surface area contributed by atoms with E-state index in [1.54, 1.807) is 35.4 Å². The number of aryl methyl sites for hydroxylation is 1. The molecule has 1 aliphatic rings. The predicted octanol–water partition coefficient (Wildman–Crippen LogP) is 3.63. The van der Waals surface area contributed by atoms with E-state index >= 15 is 0 Å². The first kappa shape index (κ1) is 21.2. The van der Waals surface area contributed by atoms with E-state index in [0.717, 1.165) is 11.3 Å². The average Bonchev–Trinajstić information content (AvgIpc) is 3.15. The molecule has 0 spiro atoms. The Morgan fingerprint density at radius 2 is 1.84 bits per heavy atom. The van der Waals surface area contributed by atoms with Gasteiger partial charge in [0.2, 0.25) is 11.8 Å². The molecule has 1 saturated heterocycles. The van der Waals surface area contributed by atoms with Gasteiger partial charge in [-0.05, 0) is 48.9 Å². The minimum Gasteiger partial charge on any atom is -0.336 e. The fourth-order valence-corrected chi connectivity index (χ4v) is 3.73. The van der Waals surface area contributed by atoms with Gasteiger partial charge in [0.15, 0.2) is 0 Å². The standard InChI is InChI=1S/C25H24N4O3/c1-17-7-6-9-19(13-17)27-25(32)21-10-2-3-11-22(21)28-24(31)18-14-23(30)29(15-18)16-20-8-4-5-12-26-20/h2-13,18H,14-16H2,1H3,(H,27,32)(H,28,31). The molecule has 3 amide bonds. The minimum absolute atomic E-state index is 0.0821. The summed E-state index contributed by atoms with van der Waals surface area (Å²) >= 11 is 0. The van der Waals surface area contributed by atoms with Crippen molar-refractivity contribution in [2.45, 2.75) is 19.9 Å². The maximum atomic E-state index is 12.9. The molecule has 7 nitrogen and oxygen atoms in total. The number of pyridine rings is 1. The largest absolute Gasteiger partial charge is 0.336 e. The second-order valence-corrected chi connectivity index (χ2v) is 7.85. The summed E-state index contributed by atoms with van der Waals surface area (Å²) in [7, 11) is 0. The van der Waals surface area contributed by atoms with Gasteiger partial charge in [-0.1, -0.05) is 30.3 Å². The van der Waals surface area contributed by atoms with Crippen molar-refractivity contribution in [2.24, 2.45) is 5.92 Å². The molecular formula is C25H24N4O3. The van der Waals surface area contributed by atoms with Crippen molar-refractivity contribution >= 4 is 29.1 Å². The highest BCUT2D eigenvalue weighted by atomic mass is 16.2. The third-order valence-corrected chi connectivity index (χ3v) is 5.37. The fraction of sp³-hybridized carbons (Fsp3) is 0.200. The third kappa shape index (κ3) is 5.00. The van der Waals surface area contributed by atoms with E-state index < -0.39 is 5.92 Å². The van der Waals surface area contributed by atoms with Gasteiger partial charge in [0, 0.05) is 24.8 Å². The Kier molecular flexibility index (Phi) is 6.26. The molecule has 1 aromatic heterocycles. The maximum Gasteiger partial charge on any atom is 0.257 e. The maximum absolute atomic E-state index is 12.9. The summed E-state index contributed by atoms with van der Waals surface area (Å²) in [6, 6.07) is 19.9. The zero-order chi connectivity index (χ0) is 22.5. The number of aromatic nitrogens is 1. The van der Waals surface area contributed by atoms with Crippen LogP contribution in [-0.2, 0) is 16.1 Å². The Balaban J connectivity index is 1.42. The predicted molar refractivity (Wildman–Crippen MR) is 122 cm³/mol. The zero-order valence-corrected chi connectivity index (χ0v) is 17.7. The van der Waals surface area contributed by atoms with Crippen molar-refractivity contribution < 1.29 is 14.4 Å². The van der Waals surface area contributed by atoms with Crippen molar-refractivity contribution in [3.63, 3.8) is 0 Å². The molecule has 162 valence electrons. The van der Waals surface area contributed by atoms with E-state index in [9.17, 15) is 14.4 Å². The smallest absolute Gasteiger partial charge is 0.257 e. The van der Waals surface area contributed by atoms with Crippen molar-refractivity contribution in [1.82, 2.24) is 9.88 Å². The molecule has 2 N–H and O–H groups in total. The number of carbonyl (C=O) groups is 3. The normalized spacial score (nSPS) is 15.5. The first-order chi connectivity index (χ1) is 15.5. The monoisotopic (exact) mass is 428 g/mol. The second kappa shape index (κ2) is 9.43. The van der Waals surface area contributed by atoms with Gasteiger partial charge in [0.1, 0.15) is 0 Å². The highest BCUT2D eigenvalue weighted by Crippen LogP contribution is 2.23. The SMILES string of the molecule is Cc1cccc(NC(=O)c2ccccc2NC(=O)C2CC(=O)N(Cc3ccccn3)C2)c1. The van der Waals surface area contributed by atoms with Gasteiger partial charge in [-0.2, -0.15) is 0 Å². The number of anilines is 2. The molecule has 1 atom stereocenters. The Bertz CT molecular complexity index is 1150. The summed E-state index contributed by atoms with van der Waals surface area (Å²) in [5.74, 6) is -1.16. The highest BCUT2D eigenvalue weighted by molar-refractivity contribution is 6.10. The highest BCUT2D eigenvalue weighted by Gasteiger charge is 2.34. The van der Waals surface area contributed by atoms with Crippen LogP contribution in [-0.4, -0.2) is 34.2 Å². The summed E-state index contributed by atoms with van der Waals surface area (Å²) in [5, 5.41) is 5.71. The number of amides is 3. The first-order valence-electron chi connectivity index (χ1n) is 10.4. The lowest BCUT2D eigenvalue weighted by molar-refractivity contribution is -0.128. The number of nitrogens with zero attached hydrogens (tertiary/aromatic N) is 2. The van der Waals surface area contributed by atoms with Crippen LogP contribution in [0.2, 0.25) is 0 Å². The van der Waals surface area contributed by atoms with Gasteiger partial charge in [-0.15, -0.1) is 0 Å². The molecule has 0 saturated carbocycles. The molecule has 4 rings (SSSR count). The van der Waals surface area contributed by atoms with Gasteiger partial charge in [-0.3, -0.25) is 19.4 Å². The molecule has 0 aliphatic carbocycles. The van der Waals surface area contributed by atoms with E-state index in [4.69, 9.17) is 0 Å². The lowest BCUT2D eigenvalue weighted by Crippen LogP contribution is -2.28. The van der Waals surface area contributed by atoms with E-state index in [0.29, 0.717) is 30.0 Å². The summed E-state index contributed by atoms with van der Waals surface area (Å²) in [5.41, 5.74) is 3.27. The first-order valence-corrected chi connectivity index (χ1v) is 10.4. The van der Waals surface area contributed by atoms with Gasteiger partial charge >= 0.3 is 0 Å². The number of benzene rings is 2. The lowest BCUT2D eigenvalue weighted by atomic mass is 10.1. The van der Waals surface area contributed by atoms with Crippen LogP contribution in [0.25, 0.3) is 0 Å². The zero-order valence-electron chi connectivity index (χ0n) is 17.7. The van der Waals surface area contributed by atoms with Crippen LogP contribution < -0.4 is 10.6 Å². The topological polar surface area (TPSA) is 91.4 Å². The Hall–Kier alpha value is -4.00. The third-order valence-electron chi connectivity index (χ3n) is 5.37. The van der Waals surface area contributed by atoms with Gasteiger partial charge < -0.3 is 15.5 Å². The van der Waals surface area contributed by atoms with E-state index in [1.165, 1.54) is 0 Å². The molecule has 7 heteroatoms. The van der Waals surface area contributed by atoms with E-state index in [1.807, 2.05) is 49.4 Å². The van der Waals surface area contributed by atoms with Crippen molar-refractivity contribution in [1.29, 1.82) is 0 Å². The number of para-hydroxylation sites is 1. The number of hydrogen-bond acceptors (Lipinski definition) is 4. The average molecular weight is 428 g/mol. The molecule has 3 aromatic rings. The van der Waals surface area contributed by atoms with Gasteiger partial charge in [0.05, 0.1) is 29.4 Å². The molecule has 1 fully saturated rings. The molecule has 0 radical (unpaired) electrons. The van der Waals surface area contributed by atoms with Crippen LogP contribution in [0.1, 0.15) is 28.0 Å². The Morgan fingerprint density at radius 1 is 1.03 bits per heavy atom. The molecular weight excluding hydrogens is 404 g/mol. The van der Waals surface area contributed by atoms with Crippen LogP contribution in [0.4, 0.5) is 11.4 Å². The number of nitrogens with one attached hydrogen (secondary N) is 2. The molecule has 1 aliphatic heterocycles. The van der Waals surface area contributed by atoms with Crippen LogP contribution in [0.15, 0.2) is 72.9 Å². The van der Waals surface area contributed by atoms with Crippen molar-refractivity contribution in [2.75, 3.05) is 17.2 Å². The molecule has 1 unspecified atom stereocenters. The van der Waals surface area contributed by atoms with Gasteiger partial charge in [-0.25, -0.2) is 0 Å². The van der Waals surface area contributed by atoms with Crippen molar-refractivity contribution in [3.05, 3.63) is 89.7 Å². The quantitative estimate of drug-likeness (QED) is 0.627. The van der Waals surface area contributed by atoms with E-state index in [-0.39, 0.29) is 24.1 Å². The summed E-state index contributed by atoms with van der Waals surface area (Å²) in [4.78, 5) is 44.0. The summed E-state index contributed by atoms with van der Waals surface area (Å²) in [6.45, 7) is 2.64. The fourth-order valence-electron chi connectivity index (χ4n) is 3.73. The number of hydrogen-bond donors (Lipinski definition) is 2. The number of carbonyl (C=O) groups excluding carboxylic acids is 3. The van der Waals surface area contributed by atoms with E-state index in [2.05, 4.69) is 15.6 Å². The summed E-state index contributed by atoms with van der Waals surface area (Å²) < 4.78 is 0. The lowest BCUT2D eigenvalue weighted by Gasteiger charge is -2.17.